The van der Waals surface area contributed by atoms with E-state index in [0.717, 1.165) is 24.2 Å². The van der Waals surface area contributed by atoms with Crippen LogP contribution in [0.25, 0.3) is 0 Å². The highest BCUT2D eigenvalue weighted by molar-refractivity contribution is 7.09. The summed E-state index contributed by atoms with van der Waals surface area (Å²) in [7, 11) is 0. The highest BCUT2D eigenvalue weighted by Gasteiger charge is 2.32. The van der Waals surface area contributed by atoms with Crippen LogP contribution in [0.5, 0.6) is 0 Å². The van der Waals surface area contributed by atoms with Crippen molar-refractivity contribution in [3.8, 4) is 0 Å². The van der Waals surface area contributed by atoms with Gasteiger partial charge in [-0.05, 0) is 43.4 Å². The van der Waals surface area contributed by atoms with Crippen molar-refractivity contribution in [1.82, 2.24) is 10.3 Å². The fourth-order valence-corrected chi connectivity index (χ4v) is 4.33. The van der Waals surface area contributed by atoms with Crippen LogP contribution in [0.3, 0.4) is 0 Å². The molecular formula is C17H28N2OS. The predicted molar refractivity (Wildman–Crippen MR) is 87.3 cm³/mol. The predicted octanol–water partition coefficient (Wildman–Crippen LogP) is 4.13. The van der Waals surface area contributed by atoms with Crippen molar-refractivity contribution in [3.05, 3.63) is 16.1 Å². The third-order valence-electron chi connectivity index (χ3n) is 4.53. The van der Waals surface area contributed by atoms with E-state index in [4.69, 9.17) is 4.74 Å². The number of nitrogens with one attached hydrogen (secondary N) is 1. The van der Waals surface area contributed by atoms with Crippen molar-refractivity contribution in [1.29, 1.82) is 0 Å². The third-order valence-corrected chi connectivity index (χ3v) is 5.43. The summed E-state index contributed by atoms with van der Waals surface area (Å²) in [6.45, 7) is 8.67. The molecule has 118 valence electrons. The number of hydrogen-bond acceptors (Lipinski definition) is 4. The Balaban J connectivity index is 1.45. The molecule has 0 saturated heterocycles. The molecule has 0 aliphatic heterocycles. The molecule has 2 atom stereocenters. The van der Waals surface area contributed by atoms with Crippen LogP contribution in [-0.4, -0.2) is 17.1 Å². The summed E-state index contributed by atoms with van der Waals surface area (Å²) in [5.41, 5.74) is 1.52. The molecule has 0 spiro atoms. The molecule has 1 N–H and O–H groups in total. The van der Waals surface area contributed by atoms with E-state index < -0.39 is 0 Å². The molecule has 0 bridgehead atoms. The Morgan fingerprint density at radius 3 is 2.90 bits per heavy atom. The normalized spacial score (nSPS) is 28.7. The van der Waals surface area contributed by atoms with Gasteiger partial charge in [-0.15, -0.1) is 11.3 Å². The van der Waals surface area contributed by atoms with Crippen molar-refractivity contribution in [2.45, 2.75) is 78.2 Å². The van der Waals surface area contributed by atoms with Crippen molar-refractivity contribution in [2.75, 3.05) is 0 Å². The van der Waals surface area contributed by atoms with Gasteiger partial charge in [0.2, 0.25) is 0 Å². The second-order valence-electron chi connectivity index (χ2n) is 7.73. The highest BCUT2D eigenvalue weighted by Crippen LogP contribution is 2.39. The molecule has 2 aliphatic carbocycles. The Labute approximate surface area is 132 Å². The minimum absolute atomic E-state index is 0.401. The van der Waals surface area contributed by atoms with Crippen LogP contribution in [-0.2, 0) is 17.9 Å². The Morgan fingerprint density at radius 1 is 1.38 bits per heavy atom. The summed E-state index contributed by atoms with van der Waals surface area (Å²) >= 11 is 1.75. The first-order valence-corrected chi connectivity index (χ1v) is 9.16. The first kappa shape index (κ1) is 15.4. The van der Waals surface area contributed by atoms with Crippen LogP contribution in [0, 0.1) is 11.3 Å². The van der Waals surface area contributed by atoms with E-state index in [-0.39, 0.29) is 0 Å². The van der Waals surface area contributed by atoms with Gasteiger partial charge in [-0.1, -0.05) is 20.8 Å². The number of ether oxygens (including phenoxy) is 1. The standard InChI is InChI=1S/C17H28N2OS/c1-12-6-15(8-17(2,3)7-12)20-10-14-11-21-16(19-14)9-18-13-4-5-13/h11-13,15,18H,4-10H2,1-3H3. The van der Waals surface area contributed by atoms with Crippen LogP contribution in [0.2, 0.25) is 0 Å². The second kappa shape index (κ2) is 6.35. The molecule has 2 aliphatic rings. The lowest BCUT2D eigenvalue weighted by molar-refractivity contribution is -0.0325. The zero-order valence-corrected chi connectivity index (χ0v) is 14.3. The number of aromatic nitrogens is 1. The molecule has 1 aromatic heterocycles. The van der Waals surface area contributed by atoms with Crippen molar-refractivity contribution in [2.24, 2.45) is 11.3 Å². The third kappa shape index (κ3) is 4.76. The Morgan fingerprint density at radius 2 is 2.19 bits per heavy atom. The molecule has 1 aromatic rings. The SMILES string of the molecule is CC1CC(OCc2csc(CNC3CC3)n2)CC(C)(C)C1. The summed E-state index contributed by atoms with van der Waals surface area (Å²) in [5.74, 6) is 0.771. The topological polar surface area (TPSA) is 34.1 Å². The molecule has 2 saturated carbocycles. The van der Waals surface area contributed by atoms with Gasteiger partial charge in [0.25, 0.3) is 0 Å². The van der Waals surface area contributed by atoms with E-state index in [2.05, 4.69) is 36.5 Å². The van der Waals surface area contributed by atoms with E-state index in [9.17, 15) is 0 Å². The molecule has 0 amide bonds. The Hall–Kier alpha value is -0.450. The molecule has 0 aromatic carbocycles. The number of rotatable bonds is 6. The molecule has 1 heterocycles. The number of thiazole rings is 1. The average molecular weight is 308 g/mol. The summed E-state index contributed by atoms with van der Waals surface area (Å²) in [6, 6.07) is 0.750. The minimum Gasteiger partial charge on any atom is -0.372 e. The first-order valence-electron chi connectivity index (χ1n) is 8.28. The molecule has 4 heteroatoms. The maximum atomic E-state index is 6.15. The molecule has 0 radical (unpaired) electrons. The Kier molecular flexibility index (Phi) is 4.67. The fourth-order valence-electron chi connectivity index (χ4n) is 3.60. The van der Waals surface area contributed by atoms with Gasteiger partial charge >= 0.3 is 0 Å². The van der Waals surface area contributed by atoms with Gasteiger partial charge in [0.15, 0.2) is 0 Å². The van der Waals surface area contributed by atoms with Gasteiger partial charge in [-0.25, -0.2) is 4.98 Å². The van der Waals surface area contributed by atoms with Crippen molar-refractivity contribution in [3.63, 3.8) is 0 Å². The lowest BCUT2D eigenvalue weighted by Crippen LogP contribution is -2.32. The van der Waals surface area contributed by atoms with Gasteiger partial charge in [0.1, 0.15) is 5.01 Å². The summed E-state index contributed by atoms with van der Waals surface area (Å²) < 4.78 is 6.15. The van der Waals surface area contributed by atoms with E-state index in [1.54, 1.807) is 11.3 Å². The second-order valence-corrected chi connectivity index (χ2v) is 8.68. The maximum absolute atomic E-state index is 6.15. The van der Waals surface area contributed by atoms with E-state index in [1.165, 1.54) is 37.1 Å². The smallest absolute Gasteiger partial charge is 0.107 e. The van der Waals surface area contributed by atoms with Gasteiger partial charge in [-0.3, -0.25) is 0 Å². The number of hydrogen-bond donors (Lipinski definition) is 1. The van der Waals surface area contributed by atoms with Crippen LogP contribution >= 0.6 is 11.3 Å². The van der Waals surface area contributed by atoms with Gasteiger partial charge in [0, 0.05) is 18.0 Å². The van der Waals surface area contributed by atoms with Gasteiger partial charge in [-0.2, -0.15) is 0 Å². The van der Waals surface area contributed by atoms with Crippen molar-refractivity contribution < 1.29 is 4.74 Å². The van der Waals surface area contributed by atoms with Crippen LogP contribution in [0.1, 0.15) is 63.6 Å². The van der Waals surface area contributed by atoms with Crippen LogP contribution < -0.4 is 5.32 Å². The van der Waals surface area contributed by atoms with Gasteiger partial charge < -0.3 is 10.1 Å². The van der Waals surface area contributed by atoms with Crippen LogP contribution in [0.15, 0.2) is 5.38 Å². The molecule has 3 nitrogen and oxygen atoms in total. The minimum atomic E-state index is 0.401. The molecule has 2 fully saturated rings. The number of nitrogens with zero attached hydrogens (tertiary/aromatic N) is 1. The van der Waals surface area contributed by atoms with E-state index >= 15 is 0 Å². The monoisotopic (exact) mass is 308 g/mol. The summed E-state index contributed by atoms with van der Waals surface area (Å²) in [5, 5.41) is 6.86. The van der Waals surface area contributed by atoms with Gasteiger partial charge in [0.05, 0.1) is 18.4 Å². The zero-order valence-electron chi connectivity index (χ0n) is 13.5. The zero-order chi connectivity index (χ0) is 14.9. The first-order chi connectivity index (χ1) is 10.00. The highest BCUT2D eigenvalue weighted by atomic mass is 32.1. The van der Waals surface area contributed by atoms with Crippen molar-refractivity contribution >= 4 is 11.3 Å². The van der Waals surface area contributed by atoms with E-state index in [1.807, 2.05) is 0 Å². The van der Waals surface area contributed by atoms with Crippen LogP contribution in [0.4, 0.5) is 0 Å². The Bertz CT molecular complexity index is 467. The molecule has 21 heavy (non-hydrogen) atoms. The summed E-state index contributed by atoms with van der Waals surface area (Å²) in [6.07, 6.45) is 6.76. The average Bonchev–Trinajstić information content (AvgIpc) is 3.10. The maximum Gasteiger partial charge on any atom is 0.107 e. The molecule has 2 unspecified atom stereocenters. The largest absolute Gasteiger partial charge is 0.372 e. The fraction of sp³-hybridized carbons (Fsp3) is 0.824. The molecule has 3 rings (SSSR count). The van der Waals surface area contributed by atoms with E-state index in [0.29, 0.717) is 18.1 Å². The summed E-state index contributed by atoms with van der Waals surface area (Å²) in [4.78, 5) is 4.68. The molecular weight excluding hydrogens is 280 g/mol. The quantitative estimate of drug-likeness (QED) is 0.858. The lowest BCUT2D eigenvalue weighted by Gasteiger charge is -2.38. The lowest BCUT2D eigenvalue weighted by atomic mass is 9.71.